The van der Waals surface area contributed by atoms with Gasteiger partial charge in [0.2, 0.25) is 0 Å². The summed E-state index contributed by atoms with van der Waals surface area (Å²) in [6.07, 6.45) is 0.836. The van der Waals surface area contributed by atoms with Gasteiger partial charge in [-0.15, -0.1) is 0 Å². The van der Waals surface area contributed by atoms with E-state index >= 15 is 0 Å². The van der Waals surface area contributed by atoms with Crippen molar-refractivity contribution in [1.82, 2.24) is 0 Å². The van der Waals surface area contributed by atoms with E-state index in [1.165, 1.54) is 0 Å². The molecule has 0 aliphatic carbocycles. The van der Waals surface area contributed by atoms with Gasteiger partial charge in [0.05, 0.1) is 16.7 Å². The number of nitrogens with zero attached hydrogens (tertiary/aromatic N) is 1. The van der Waals surface area contributed by atoms with Crippen LogP contribution in [0.15, 0.2) is 18.2 Å². The monoisotopic (exact) mass is 237 g/mol. The summed E-state index contributed by atoms with van der Waals surface area (Å²) >= 11 is 5.97. The molecule has 1 aromatic rings. The molecule has 0 spiro atoms. The fraction of sp³-hybridized carbons (Fsp3) is 0.462. The lowest BCUT2D eigenvalue weighted by Crippen LogP contribution is -2.21. The molecule has 2 nitrogen and oxygen atoms in total. The quantitative estimate of drug-likeness (QED) is 0.804. The van der Waals surface area contributed by atoms with E-state index in [4.69, 9.17) is 21.6 Å². The van der Waals surface area contributed by atoms with Gasteiger partial charge >= 0.3 is 0 Å². The summed E-state index contributed by atoms with van der Waals surface area (Å²) in [5.74, 6) is 0.413. The molecule has 1 unspecified atom stereocenters. The van der Waals surface area contributed by atoms with Gasteiger partial charge in [-0.25, -0.2) is 0 Å². The van der Waals surface area contributed by atoms with Crippen molar-refractivity contribution in [3.8, 4) is 6.07 Å². The second-order valence-electron chi connectivity index (χ2n) is 4.11. The predicted octanol–water partition coefficient (Wildman–Crippen LogP) is 3.43. The van der Waals surface area contributed by atoms with Gasteiger partial charge in [-0.05, 0) is 17.5 Å². The molecule has 0 radical (unpaired) electrons. The van der Waals surface area contributed by atoms with E-state index in [2.05, 4.69) is 19.9 Å². The van der Waals surface area contributed by atoms with Crippen molar-refractivity contribution < 1.29 is 4.74 Å². The Balaban J connectivity index is 2.97. The van der Waals surface area contributed by atoms with Crippen LogP contribution in [-0.4, -0.2) is 13.2 Å². The molecule has 0 heterocycles. The first-order chi connectivity index (χ1) is 7.60. The average molecular weight is 238 g/mol. The first-order valence-electron chi connectivity index (χ1n) is 5.30. The highest BCUT2D eigenvalue weighted by Crippen LogP contribution is 2.22. The number of rotatable bonds is 4. The third kappa shape index (κ3) is 2.98. The fourth-order valence-corrected chi connectivity index (χ4v) is 1.91. The lowest BCUT2D eigenvalue weighted by Gasteiger charge is -2.19. The third-order valence-electron chi connectivity index (χ3n) is 2.68. The molecule has 0 aliphatic rings. The van der Waals surface area contributed by atoms with Gasteiger partial charge in [0.1, 0.15) is 6.07 Å². The standard InChI is InChI=1S/C13H16ClNO/c1-9(2)13(16-3)7-10-5-4-6-12(14)11(10)8-15/h4-6,9,13H,7H2,1-3H3. The van der Waals surface area contributed by atoms with Crippen LogP contribution in [0.1, 0.15) is 25.0 Å². The van der Waals surface area contributed by atoms with Crippen LogP contribution in [0.2, 0.25) is 5.02 Å². The Kier molecular flexibility index (Phi) is 4.79. The number of hydrogen-bond donors (Lipinski definition) is 0. The zero-order valence-corrected chi connectivity index (χ0v) is 10.6. The van der Waals surface area contributed by atoms with Crippen LogP contribution in [-0.2, 0) is 11.2 Å². The molecule has 16 heavy (non-hydrogen) atoms. The molecular weight excluding hydrogens is 222 g/mol. The van der Waals surface area contributed by atoms with E-state index in [0.717, 1.165) is 12.0 Å². The van der Waals surface area contributed by atoms with Gasteiger partial charge in [-0.1, -0.05) is 37.6 Å². The Morgan fingerprint density at radius 3 is 2.62 bits per heavy atom. The van der Waals surface area contributed by atoms with Crippen LogP contribution in [0.25, 0.3) is 0 Å². The zero-order chi connectivity index (χ0) is 12.1. The number of ether oxygens (including phenoxy) is 1. The van der Waals surface area contributed by atoms with Crippen molar-refractivity contribution in [2.75, 3.05) is 7.11 Å². The van der Waals surface area contributed by atoms with Crippen molar-refractivity contribution in [2.24, 2.45) is 5.92 Å². The summed E-state index contributed by atoms with van der Waals surface area (Å²) in [5, 5.41) is 9.56. The highest BCUT2D eigenvalue weighted by Gasteiger charge is 2.16. The summed E-state index contributed by atoms with van der Waals surface area (Å²) in [4.78, 5) is 0. The van der Waals surface area contributed by atoms with Crippen molar-refractivity contribution in [1.29, 1.82) is 5.26 Å². The second-order valence-corrected chi connectivity index (χ2v) is 4.52. The van der Waals surface area contributed by atoms with Crippen LogP contribution < -0.4 is 0 Å². The Hall–Kier alpha value is -1.04. The molecule has 0 saturated carbocycles. The van der Waals surface area contributed by atoms with E-state index in [-0.39, 0.29) is 6.10 Å². The Labute approximate surface area is 102 Å². The molecule has 1 rings (SSSR count). The Morgan fingerprint density at radius 1 is 1.44 bits per heavy atom. The maximum Gasteiger partial charge on any atom is 0.101 e. The fourth-order valence-electron chi connectivity index (χ4n) is 1.67. The first-order valence-corrected chi connectivity index (χ1v) is 5.68. The van der Waals surface area contributed by atoms with Crippen molar-refractivity contribution >= 4 is 11.6 Å². The number of nitriles is 1. The Morgan fingerprint density at radius 2 is 2.12 bits per heavy atom. The van der Waals surface area contributed by atoms with Crippen molar-refractivity contribution in [3.63, 3.8) is 0 Å². The molecule has 1 atom stereocenters. The number of benzene rings is 1. The molecule has 1 aromatic carbocycles. The van der Waals surface area contributed by atoms with Crippen LogP contribution in [0.5, 0.6) is 0 Å². The molecule has 0 fully saturated rings. The van der Waals surface area contributed by atoms with E-state index < -0.39 is 0 Å². The summed E-state index contributed by atoms with van der Waals surface area (Å²) in [5.41, 5.74) is 1.52. The molecular formula is C13H16ClNO. The smallest absolute Gasteiger partial charge is 0.101 e. The van der Waals surface area contributed by atoms with Gasteiger partial charge < -0.3 is 4.74 Å². The van der Waals surface area contributed by atoms with E-state index in [1.54, 1.807) is 13.2 Å². The molecule has 0 aliphatic heterocycles. The number of hydrogen-bond acceptors (Lipinski definition) is 2. The molecule has 0 amide bonds. The van der Waals surface area contributed by atoms with Gasteiger partial charge in [0.15, 0.2) is 0 Å². The van der Waals surface area contributed by atoms with Crippen molar-refractivity contribution in [3.05, 3.63) is 34.3 Å². The lowest BCUT2D eigenvalue weighted by molar-refractivity contribution is 0.0654. The molecule has 3 heteroatoms. The lowest BCUT2D eigenvalue weighted by atomic mass is 9.96. The number of halogens is 1. The summed E-state index contributed by atoms with van der Waals surface area (Å²) < 4.78 is 5.40. The molecule has 86 valence electrons. The minimum atomic E-state index is 0.116. The number of methoxy groups -OCH3 is 1. The highest BCUT2D eigenvalue weighted by molar-refractivity contribution is 6.31. The molecule has 0 N–H and O–H groups in total. The molecule has 0 saturated heterocycles. The molecule has 0 aromatic heterocycles. The average Bonchev–Trinajstić information content (AvgIpc) is 2.25. The van der Waals surface area contributed by atoms with Gasteiger partial charge in [0, 0.05) is 13.5 Å². The minimum absolute atomic E-state index is 0.116. The third-order valence-corrected chi connectivity index (χ3v) is 2.99. The van der Waals surface area contributed by atoms with E-state index in [1.807, 2.05) is 12.1 Å². The normalized spacial score (nSPS) is 12.5. The highest BCUT2D eigenvalue weighted by atomic mass is 35.5. The first kappa shape index (κ1) is 13.0. The SMILES string of the molecule is COC(Cc1cccc(Cl)c1C#N)C(C)C. The van der Waals surface area contributed by atoms with Crippen molar-refractivity contribution in [2.45, 2.75) is 26.4 Å². The predicted molar refractivity (Wildman–Crippen MR) is 65.5 cm³/mol. The summed E-state index contributed by atoms with van der Waals surface area (Å²) in [6, 6.07) is 7.68. The largest absolute Gasteiger partial charge is 0.381 e. The second kappa shape index (κ2) is 5.89. The molecule has 0 bridgehead atoms. The summed E-state index contributed by atoms with van der Waals surface area (Å²) in [6.45, 7) is 4.20. The Bertz CT molecular complexity index is 395. The summed E-state index contributed by atoms with van der Waals surface area (Å²) in [7, 11) is 1.70. The minimum Gasteiger partial charge on any atom is -0.381 e. The van der Waals surface area contributed by atoms with Gasteiger partial charge in [0.25, 0.3) is 0 Å². The van der Waals surface area contributed by atoms with Gasteiger partial charge in [-0.2, -0.15) is 5.26 Å². The topological polar surface area (TPSA) is 33.0 Å². The van der Waals surface area contributed by atoms with Crippen LogP contribution in [0.3, 0.4) is 0 Å². The zero-order valence-electron chi connectivity index (χ0n) is 9.83. The van der Waals surface area contributed by atoms with E-state index in [0.29, 0.717) is 16.5 Å². The van der Waals surface area contributed by atoms with Gasteiger partial charge in [-0.3, -0.25) is 0 Å². The van der Waals surface area contributed by atoms with Crippen LogP contribution in [0, 0.1) is 17.2 Å². The van der Waals surface area contributed by atoms with E-state index in [9.17, 15) is 0 Å². The maximum absolute atomic E-state index is 9.05. The van der Waals surface area contributed by atoms with Crippen LogP contribution >= 0.6 is 11.6 Å². The van der Waals surface area contributed by atoms with Crippen LogP contribution in [0.4, 0.5) is 0 Å². The maximum atomic E-state index is 9.05.